The average molecular weight is 297 g/mol. The van der Waals surface area contributed by atoms with Crippen molar-refractivity contribution in [3.63, 3.8) is 0 Å². The van der Waals surface area contributed by atoms with Crippen molar-refractivity contribution in [1.29, 1.82) is 0 Å². The van der Waals surface area contributed by atoms with Crippen LogP contribution in [0.15, 0.2) is 36.0 Å². The van der Waals surface area contributed by atoms with Crippen molar-refractivity contribution in [2.75, 3.05) is 4.90 Å². The number of allylic oxidation sites excluding steroid dienone is 1. The minimum absolute atomic E-state index is 0.229. The van der Waals surface area contributed by atoms with Crippen LogP contribution in [-0.4, -0.2) is 6.04 Å². The monoisotopic (exact) mass is 297 g/mol. The summed E-state index contributed by atoms with van der Waals surface area (Å²) in [5, 5.41) is 0. The van der Waals surface area contributed by atoms with E-state index in [9.17, 15) is 0 Å². The summed E-state index contributed by atoms with van der Waals surface area (Å²) in [6.45, 7) is 13.9. The zero-order valence-corrected chi connectivity index (χ0v) is 15.1. The van der Waals surface area contributed by atoms with Gasteiger partial charge in [0.05, 0.1) is 0 Å². The fourth-order valence-electron chi connectivity index (χ4n) is 4.28. The molecule has 1 saturated carbocycles. The summed E-state index contributed by atoms with van der Waals surface area (Å²) in [4.78, 5) is 2.60. The SMILES string of the molecule is CC1=CC2CC(C(C)C)CC2N1c1ccc(C(C)(C)C)cc1. The van der Waals surface area contributed by atoms with Crippen LogP contribution in [0.3, 0.4) is 0 Å². The van der Waals surface area contributed by atoms with E-state index in [2.05, 4.69) is 76.8 Å². The van der Waals surface area contributed by atoms with Crippen LogP contribution in [0.5, 0.6) is 0 Å². The Morgan fingerprint density at radius 2 is 1.68 bits per heavy atom. The van der Waals surface area contributed by atoms with Gasteiger partial charge in [0.25, 0.3) is 0 Å². The van der Waals surface area contributed by atoms with Gasteiger partial charge in [-0.3, -0.25) is 0 Å². The summed E-state index contributed by atoms with van der Waals surface area (Å²) in [5.41, 5.74) is 4.46. The highest BCUT2D eigenvalue weighted by Crippen LogP contribution is 2.46. The third kappa shape index (κ3) is 2.71. The molecule has 1 aliphatic heterocycles. The number of hydrogen-bond acceptors (Lipinski definition) is 1. The van der Waals surface area contributed by atoms with Gasteiger partial charge in [0.1, 0.15) is 0 Å². The minimum Gasteiger partial charge on any atom is -0.342 e. The number of rotatable bonds is 2. The second kappa shape index (κ2) is 5.44. The van der Waals surface area contributed by atoms with E-state index in [4.69, 9.17) is 0 Å². The molecule has 1 aromatic carbocycles. The van der Waals surface area contributed by atoms with Gasteiger partial charge in [-0.1, -0.05) is 52.8 Å². The molecule has 1 fully saturated rings. The third-order valence-electron chi connectivity index (χ3n) is 5.73. The van der Waals surface area contributed by atoms with E-state index in [-0.39, 0.29) is 5.41 Å². The molecular formula is C21H31N. The molecule has 0 saturated heterocycles. The number of anilines is 1. The van der Waals surface area contributed by atoms with Gasteiger partial charge in [-0.05, 0) is 60.6 Å². The Balaban J connectivity index is 1.84. The molecule has 3 atom stereocenters. The molecule has 1 aliphatic carbocycles. The number of nitrogens with zero attached hydrogens (tertiary/aromatic N) is 1. The van der Waals surface area contributed by atoms with Gasteiger partial charge in [-0.25, -0.2) is 0 Å². The standard InChI is InChI=1S/C21H31N/c1-14(2)16-12-17-11-15(3)22(20(17)13-16)19-9-7-18(8-10-19)21(4,5)6/h7-11,14,16-17,20H,12-13H2,1-6H3. The van der Waals surface area contributed by atoms with Crippen molar-refractivity contribution < 1.29 is 0 Å². The van der Waals surface area contributed by atoms with E-state index in [1.807, 2.05) is 0 Å². The largest absolute Gasteiger partial charge is 0.342 e. The van der Waals surface area contributed by atoms with Crippen molar-refractivity contribution in [2.24, 2.45) is 17.8 Å². The molecule has 1 heterocycles. The normalized spacial score (nSPS) is 28.2. The molecule has 0 amide bonds. The second-order valence-electron chi connectivity index (χ2n) is 8.68. The molecule has 1 aromatic rings. The van der Waals surface area contributed by atoms with Crippen LogP contribution < -0.4 is 4.90 Å². The summed E-state index contributed by atoms with van der Waals surface area (Å²) < 4.78 is 0. The molecule has 3 rings (SSSR count). The molecule has 22 heavy (non-hydrogen) atoms. The lowest BCUT2D eigenvalue weighted by atomic mass is 9.87. The highest BCUT2D eigenvalue weighted by atomic mass is 15.2. The van der Waals surface area contributed by atoms with Gasteiger partial charge in [-0.2, -0.15) is 0 Å². The minimum atomic E-state index is 0.229. The molecule has 0 bridgehead atoms. The van der Waals surface area contributed by atoms with E-state index >= 15 is 0 Å². The van der Waals surface area contributed by atoms with Crippen LogP contribution in [-0.2, 0) is 5.41 Å². The maximum absolute atomic E-state index is 2.60. The fraction of sp³-hybridized carbons (Fsp3) is 0.619. The third-order valence-corrected chi connectivity index (χ3v) is 5.73. The van der Waals surface area contributed by atoms with Gasteiger partial charge < -0.3 is 4.90 Å². The summed E-state index contributed by atoms with van der Waals surface area (Å²) in [5.74, 6) is 2.45. The van der Waals surface area contributed by atoms with Gasteiger partial charge in [0.2, 0.25) is 0 Å². The topological polar surface area (TPSA) is 3.24 Å². The lowest BCUT2D eigenvalue weighted by Crippen LogP contribution is -2.31. The van der Waals surface area contributed by atoms with Gasteiger partial charge in [0, 0.05) is 17.4 Å². The summed E-state index contributed by atoms with van der Waals surface area (Å²) >= 11 is 0. The Labute approximate surface area is 136 Å². The van der Waals surface area contributed by atoms with Crippen molar-refractivity contribution in [3.05, 3.63) is 41.6 Å². The first kappa shape index (κ1) is 15.6. The predicted octanol–water partition coefficient (Wildman–Crippen LogP) is 5.76. The van der Waals surface area contributed by atoms with Crippen molar-refractivity contribution >= 4 is 5.69 Å². The fourth-order valence-corrected chi connectivity index (χ4v) is 4.28. The molecule has 1 heteroatoms. The Bertz CT molecular complexity index is 559. The molecule has 2 aliphatic rings. The number of hydrogen-bond donors (Lipinski definition) is 0. The summed E-state index contributed by atoms with van der Waals surface area (Å²) in [7, 11) is 0. The number of benzene rings is 1. The van der Waals surface area contributed by atoms with Gasteiger partial charge >= 0.3 is 0 Å². The quantitative estimate of drug-likeness (QED) is 0.671. The first-order valence-electron chi connectivity index (χ1n) is 8.85. The zero-order valence-electron chi connectivity index (χ0n) is 15.1. The van der Waals surface area contributed by atoms with Crippen molar-refractivity contribution in [2.45, 2.75) is 65.8 Å². The lowest BCUT2D eigenvalue weighted by molar-refractivity contribution is 0.385. The van der Waals surface area contributed by atoms with Crippen molar-refractivity contribution in [3.8, 4) is 0 Å². The van der Waals surface area contributed by atoms with E-state index < -0.39 is 0 Å². The first-order valence-corrected chi connectivity index (χ1v) is 8.85. The Kier molecular flexibility index (Phi) is 3.87. The molecule has 3 unspecified atom stereocenters. The zero-order chi connectivity index (χ0) is 16.1. The van der Waals surface area contributed by atoms with E-state index in [1.54, 1.807) is 0 Å². The van der Waals surface area contributed by atoms with Gasteiger partial charge in [-0.15, -0.1) is 0 Å². The smallest absolute Gasteiger partial charge is 0.0411 e. The van der Waals surface area contributed by atoms with Crippen LogP contribution >= 0.6 is 0 Å². The summed E-state index contributed by atoms with van der Waals surface area (Å²) in [6, 6.07) is 9.95. The van der Waals surface area contributed by atoms with E-state index in [0.29, 0.717) is 6.04 Å². The second-order valence-corrected chi connectivity index (χ2v) is 8.68. The maximum Gasteiger partial charge on any atom is 0.0411 e. The Morgan fingerprint density at radius 3 is 2.23 bits per heavy atom. The highest BCUT2D eigenvalue weighted by molar-refractivity contribution is 5.57. The summed E-state index contributed by atoms with van der Waals surface area (Å²) in [6.07, 6.45) is 5.23. The predicted molar refractivity (Wildman–Crippen MR) is 96.2 cm³/mol. The molecule has 1 nitrogen and oxygen atoms in total. The molecule has 0 radical (unpaired) electrons. The Morgan fingerprint density at radius 1 is 1.05 bits per heavy atom. The van der Waals surface area contributed by atoms with E-state index in [1.165, 1.54) is 29.8 Å². The van der Waals surface area contributed by atoms with E-state index in [0.717, 1.165) is 17.8 Å². The molecule has 120 valence electrons. The molecule has 0 aromatic heterocycles. The highest BCUT2D eigenvalue weighted by Gasteiger charge is 2.42. The molecule has 0 N–H and O–H groups in total. The van der Waals surface area contributed by atoms with Crippen LogP contribution in [0.2, 0.25) is 0 Å². The molecule has 0 spiro atoms. The Hall–Kier alpha value is -1.24. The first-order chi connectivity index (χ1) is 10.3. The van der Waals surface area contributed by atoms with Crippen molar-refractivity contribution in [1.82, 2.24) is 0 Å². The van der Waals surface area contributed by atoms with Crippen LogP contribution in [0.25, 0.3) is 0 Å². The average Bonchev–Trinajstić information content (AvgIpc) is 2.94. The molecular weight excluding hydrogens is 266 g/mol. The van der Waals surface area contributed by atoms with Crippen LogP contribution in [0, 0.1) is 17.8 Å². The van der Waals surface area contributed by atoms with Crippen LogP contribution in [0.1, 0.15) is 59.9 Å². The van der Waals surface area contributed by atoms with Crippen LogP contribution in [0.4, 0.5) is 5.69 Å². The lowest BCUT2D eigenvalue weighted by Gasteiger charge is -2.30. The maximum atomic E-state index is 2.60. The number of fused-ring (bicyclic) bond motifs is 1. The van der Waals surface area contributed by atoms with Gasteiger partial charge in [0.15, 0.2) is 0 Å².